The zero-order chi connectivity index (χ0) is 13.0. The van der Waals surface area contributed by atoms with Crippen LogP contribution in [-0.4, -0.2) is 27.3 Å². The van der Waals surface area contributed by atoms with E-state index in [1.54, 1.807) is 13.4 Å². The molecule has 0 spiro atoms. The maximum absolute atomic E-state index is 5.85. The SMILES string of the molecule is COCCN(C)c1ccc(N)cc1-c1ccco1. The second kappa shape index (κ2) is 5.60. The minimum Gasteiger partial charge on any atom is -0.464 e. The summed E-state index contributed by atoms with van der Waals surface area (Å²) >= 11 is 0. The molecule has 2 rings (SSSR count). The van der Waals surface area contributed by atoms with Gasteiger partial charge in [-0.1, -0.05) is 0 Å². The predicted octanol–water partition coefficient (Wildman–Crippen LogP) is 2.61. The smallest absolute Gasteiger partial charge is 0.136 e. The van der Waals surface area contributed by atoms with Gasteiger partial charge in [0.05, 0.1) is 12.9 Å². The molecule has 0 saturated carbocycles. The van der Waals surface area contributed by atoms with Gasteiger partial charge in [-0.3, -0.25) is 0 Å². The highest BCUT2D eigenvalue weighted by atomic mass is 16.5. The Morgan fingerprint density at radius 2 is 2.17 bits per heavy atom. The molecule has 18 heavy (non-hydrogen) atoms. The van der Waals surface area contributed by atoms with Gasteiger partial charge in [0.25, 0.3) is 0 Å². The van der Waals surface area contributed by atoms with Gasteiger partial charge in [0.2, 0.25) is 0 Å². The first-order chi connectivity index (χ1) is 8.72. The Hall–Kier alpha value is -1.94. The summed E-state index contributed by atoms with van der Waals surface area (Å²) in [5.41, 5.74) is 8.65. The average molecular weight is 246 g/mol. The van der Waals surface area contributed by atoms with Crippen LogP contribution < -0.4 is 10.6 Å². The molecule has 0 fully saturated rings. The van der Waals surface area contributed by atoms with Crippen molar-refractivity contribution in [1.82, 2.24) is 0 Å². The van der Waals surface area contributed by atoms with Gasteiger partial charge >= 0.3 is 0 Å². The fraction of sp³-hybridized carbons (Fsp3) is 0.286. The third kappa shape index (κ3) is 2.65. The number of ether oxygens (including phenoxy) is 1. The van der Waals surface area contributed by atoms with Gasteiger partial charge in [-0.2, -0.15) is 0 Å². The molecule has 0 atom stereocenters. The predicted molar refractivity (Wildman–Crippen MR) is 73.7 cm³/mol. The van der Waals surface area contributed by atoms with Crippen molar-refractivity contribution in [3.05, 3.63) is 36.6 Å². The van der Waals surface area contributed by atoms with Crippen molar-refractivity contribution in [2.75, 3.05) is 37.9 Å². The molecule has 1 aromatic heterocycles. The van der Waals surface area contributed by atoms with Crippen molar-refractivity contribution < 1.29 is 9.15 Å². The van der Waals surface area contributed by atoms with Crippen LogP contribution in [0.1, 0.15) is 0 Å². The maximum Gasteiger partial charge on any atom is 0.136 e. The van der Waals surface area contributed by atoms with E-state index in [0.717, 1.165) is 29.2 Å². The number of hydrogen-bond acceptors (Lipinski definition) is 4. The Kier molecular flexibility index (Phi) is 3.89. The summed E-state index contributed by atoms with van der Waals surface area (Å²) in [5, 5.41) is 0. The Morgan fingerprint density at radius 3 is 2.83 bits per heavy atom. The Morgan fingerprint density at radius 1 is 1.33 bits per heavy atom. The minimum absolute atomic E-state index is 0.679. The van der Waals surface area contributed by atoms with Crippen molar-refractivity contribution in [2.24, 2.45) is 0 Å². The fourth-order valence-corrected chi connectivity index (χ4v) is 1.86. The number of rotatable bonds is 5. The van der Waals surface area contributed by atoms with Crippen molar-refractivity contribution in [2.45, 2.75) is 0 Å². The number of furan rings is 1. The van der Waals surface area contributed by atoms with Crippen LogP contribution in [-0.2, 0) is 4.74 Å². The normalized spacial score (nSPS) is 10.6. The second-order valence-corrected chi connectivity index (χ2v) is 4.17. The van der Waals surface area contributed by atoms with Crippen LogP contribution in [0.25, 0.3) is 11.3 Å². The number of methoxy groups -OCH3 is 1. The van der Waals surface area contributed by atoms with Gasteiger partial charge in [0.1, 0.15) is 5.76 Å². The highest BCUT2D eigenvalue weighted by Crippen LogP contribution is 2.32. The first-order valence-electron chi connectivity index (χ1n) is 5.86. The Balaban J connectivity index is 2.35. The van der Waals surface area contributed by atoms with Crippen molar-refractivity contribution in [3.8, 4) is 11.3 Å². The lowest BCUT2D eigenvalue weighted by Gasteiger charge is -2.21. The molecule has 4 nitrogen and oxygen atoms in total. The molecule has 1 aromatic carbocycles. The standard InChI is InChI=1S/C14H18N2O2/c1-16(7-9-17-2)13-6-5-11(15)10-12(13)14-4-3-8-18-14/h3-6,8,10H,7,9,15H2,1-2H3. The van der Waals surface area contributed by atoms with Gasteiger partial charge < -0.3 is 19.8 Å². The van der Waals surface area contributed by atoms with Crippen LogP contribution in [0.3, 0.4) is 0 Å². The highest BCUT2D eigenvalue weighted by Gasteiger charge is 2.11. The quantitative estimate of drug-likeness (QED) is 0.824. The molecule has 1 heterocycles. The largest absolute Gasteiger partial charge is 0.464 e. The molecule has 0 saturated heterocycles. The fourth-order valence-electron chi connectivity index (χ4n) is 1.86. The molecular weight excluding hydrogens is 228 g/mol. The van der Waals surface area contributed by atoms with Crippen LogP contribution in [0.5, 0.6) is 0 Å². The van der Waals surface area contributed by atoms with Gasteiger partial charge in [-0.25, -0.2) is 0 Å². The first-order valence-corrected chi connectivity index (χ1v) is 5.86. The van der Waals surface area contributed by atoms with E-state index < -0.39 is 0 Å². The molecule has 0 unspecified atom stereocenters. The summed E-state index contributed by atoms with van der Waals surface area (Å²) in [6, 6.07) is 9.63. The van der Waals surface area contributed by atoms with E-state index in [1.165, 1.54) is 0 Å². The zero-order valence-electron chi connectivity index (χ0n) is 10.7. The number of nitrogens with zero attached hydrogens (tertiary/aromatic N) is 1. The molecule has 0 bridgehead atoms. The van der Waals surface area contributed by atoms with E-state index in [2.05, 4.69) is 4.90 Å². The summed E-state index contributed by atoms with van der Waals surface area (Å²) in [6.07, 6.45) is 1.66. The maximum atomic E-state index is 5.85. The second-order valence-electron chi connectivity index (χ2n) is 4.17. The number of anilines is 2. The monoisotopic (exact) mass is 246 g/mol. The van der Waals surface area contributed by atoms with Gasteiger partial charge in [-0.05, 0) is 30.3 Å². The lowest BCUT2D eigenvalue weighted by atomic mass is 10.1. The van der Waals surface area contributed by atoms with Crippen LogP contribution in [0.15, 0.2) is 41.0 Å². The van der Waals surface area contributed by atoms with Crippen molar-refractivity contribution in [3.63, 3.8) is 0 Å². The number of likely N-dealkylation sites (N-methyl/N-ethyl adjacent to an activating group) is 1. The van der Waals surface area contributed by atoms with Crippen molar-refractivity contribution >= 4 is 11.4 Å². The summed E-state index contributed by atoms with van der Waals surface area (Å²) in [6.45, 7) is 1.49. The van der Waals surface area contributed by atoms with E-state index in [-0.39, 0.29) is 0 Å². The minimum atomic E-state index is 0.679. The Labute approximate surface area is 107 Å². The van der Waals surface area contributed by atoms with E-state index in [1.807, 2.05) is 37.4 Å². The molecule has 0 aliphatic heterocycles. The lowest BCUT2D eigenvalue weighted by molar-refractivity contribution is 0.206. The zero-order valence-corrected chi connectivity index (χ0v) is 10.7. The van der Waals surface area contributed by atoms with E-state index in [9.17, 15) is 0 Å². The third-order valence-corrected chi connectivity index (χ3v) is 2.85. The number of nitrogen functional groups attached to an aromatic ring is 1. The molecule has 4 heteroatoms. The molecule has 2 N–H and O–H groups in total. The van der Waals surface area contributed by atoms with E-state index >= 15 is 0 Å². The van der Waals surface area contributed by atoms with Crippen LogP contribution in [0, 0.1) is 0 Å². The summed E-state index contributed by atoms with van der Waals surface area (Å²) in [7, 11) is 3.72. The van der Waals surface area contributed by atoms with Gasteiger partial charge in [0.15, 0.2) is 0 Å². The van der Waals surface area contributed by atoms with Gasteiger partial charge in [0, 0.05) is 37.6 Å². The molecular formula is C14H18N2O2. The summed E-state index contributed by atoms with van der Waals surface area (Å²) < 4.78 is 10.6. The topological polar surface area (TPSA) is 51.6 Å². The lowest BCUT2D eigenvalue weighted by Crippen LogP contribution is -2.22. The Bertz CT molecular complexity index is 495. The first kappa shape index (κ1) is 12.5. The molecule has 0 aliphatic rings. The number of benzene rings is 1. The van der Waals surface area contributed by atoms with Crippen molar-refractivity contribution in [1.29, 1.82) is 0 Å². The van der Waals surface area contributed by atoms with Gasteiger partial charge in [-0.15, -0.1) is 0 Å². The van der Waals surface area contributed by atoms with Crippen LogP contribution >= 0.6 is 0 Å². The van der Waals surface area contributed by atoms with E-state index in [0.29, 0.717) is 6.61 Å². The molecule has 0 amide bonds. The number of hydrogen-bond donors (Lipinski definition) is 1. The average Bonchev–Trinajstić information content (AvgIpc) is 2.89. The van der Waals surface area contributed by atoms with Crippen LogP contribution in [0.4, 0.5) is 11.4 Å². The summed E-state index contributed by atoms with van der Waals surface area (Å²) in [4.78, 5) is 2.13. The van der Waals surface area contributed by atoms with E-state index in [4.69, 9.17) is 14.9 Å². The molecule has 0 radical (unpaired) electrons. The third-order valence-electron chi connectivity index (χ3n) is 2.85. The highest BCUT2D eigenvalue weighted by molar-refractivity contribution is 5.78. The molecule has 2 aromatic rings. The summed E-state index contributed by atoms with van der Waals surface area (Å²) in [5.74, 6) is 0.821. The molecule has 0 aliphatic carbocycles. The van der Waals surface area contributed by atoms with Crippen LogP contribution in [0.2, 0.25) is 0 Å². The number of nitrogens with two attached hydrogens (primary N) is 1. The molecule has 96 valence electrons.